The molecular formula is C22H18N6O5S2. The van der Waals surface area contributed by atoms with Crippen molar-refractivity contribution in [2.45, 2.75) is 11.4 Å². The van der Waals surface area contributed by atoms with E-state index in [2.05, 4.69) is 15.5 Å². The molecule has 0 aliphatic rings. The van der Waals surface area contributed by atoms with Crippen LogP contribution in [0.2, 0.25) is 0 Å². The second-order valence-corrected chi connectivity index (χ2v) is 9.35. The van der Waals surface area contributed by atoms with Gasteiger partial charge in [-0.15, -0.1) is 10.2 Å². The van der Waals surface area contributed by atoms with Gasteiger partial charge in [0.1, 0.15) is 0 Å². The number of nitro groups is 1. The zero-order valence-electron chi connectivity index (χ0n) is 17.9. The number of aromatic nitrogens is 1. The third-order valence-electron chi connectivity index (χ3n) is 5.04. The first-order valence-electron chi connectivity index (χ1n) is 10.0. The van der Waals surface area contributed by atoms with Crippen molar-refractivity contribution >= 4 is 55.3 Å². The van der Waals surface area contributed by atoms with Crippen molar-refractivity contribution in [2.24, 2.45) is 15.4 Å². The number of nitro benzene ring substituents is 1. The number of sulfonamides is 1. The number of thiocarbonyl (C=S) groups is 1. The first-order valence-corrected chi connectivity index (χ1v) is 12.0. The van der Waals surface area contributed by atoms with E-state index in [9.17, 15) is 23.6 Å². The van der Waals surface area contributed by atoms with Crippen LogP contribution in [0.3, 0.4) is 0 Å². The molecule has 1 heterocycles. The summed E-state index contributed by atoms with van der Waals surface area (Å²) in [4.78, 5) is 10.6. The quantitative estimate of drug-likeness (QED) is 0.149. The van der Waals surface area contributed by atoms with Gasteiger partial charge in [0.15, 0.2) is 5.69 Å². The molecule has 4 rings (SSSR count). The molecule has 0 saturated carbocycles. The molecule has 4 N–H and O–H groups in total. The number of non-ortho nitro benzene ring substituents is 1. The van der Waals surface area contributed by atoms with Gasteiger partial charge in [0.2, 0.25) is 21.0 Å². The molecule has 0 amide bonds. The monoisotopic (exact) mass is 510 g/mol. The number of nitrogens with two attached hydrogens (primary N) is 1. The molecule has 0 unspecified atom stereocenters. The number of rotatable bonds is 6. The summed E-state index contributed by atoms with van der Waals surface area (Å²) in [7, 11) is -3.91. The largest absolute Gasteiger partial charge is 0.493 e. The fraction of sp³-hybridized carbons (Fsp3) is 0.0455. The zero-order valence-corrected chi connectivity index (χ0v) is 19.5. The van der Waals surface area contributed by atoms with E-state index in [1.807, 2.05) is 30.3 Å². The van der Waals surface area contributed by atoms with Gasteiger partial charge in [-0.3, -0.25) is 10.1 Å². The minimum Gasteiger partial charge on any atom is -0.493 e. The fourth-order valence-electron chi connectivity index (χ4n) is 3.44. The number of aromatic hydroxyl groups is 1. The smallest absolute Gasteiger partial charge is 0.270 e. The van der Waals surface area contributed by atoms with Crippen LogP contribution in [0.1, 0.15) is 5.56 Å². The minimum absolute atomic E-state index is 0.00191. The van der Waals surface area contributed by atoms with E-state index >= 15 is 0 Å². The number of benzene rings is 3. The predicted octanol–water partition coefficient (Wildman–Crippen LogP) is 4.43. The van der Waals surface area contributed by atoms with Crippen LogP contribution in [0.5, 0.6) is 5.88 Å². The summed E-state index contributed by atoms with van der Waals surface area (Å²) in [5.41, 5.74) is 1.55. The Hall–Kier alpha value is -4.20. The Kier molecular flexibility index (Phi) is 6.55. The third kappa shape index (κ3) is 5.32. The lowest BCUT2D eigenvalue weighted by atomic mass is 10.2. The molecule has 1 aromatic heterocycles. The highest BCUT2D eigenvalue weighted by Gasteiger charge is 2.20. The average Bonchev–Trinajstić information content (AvgIpc) is 3.08. The Morgan fingerprint density at radius 2 is 1.86 bits per heavy atom. The standard InChI is InChI=1S/C22H18N6O5S2/c23-35(32,33)17-8-4-7-15(11-17)24-22(34)26-25-20-18-12-16(28(30)31)9-10-19(18)27(21(20)29)13-14-5-2-1-3-6-14/h1-12,29H,13H2,(H,24,34)(H2,23,32,33). The summed E-state index contributed by atoms with van der Waals surface area (Å²) in [5, 5.41) is 38.2. The van der Waals surface area contributed by atoms with Gasteiger partial charge in [0.25, 0.3) is 5.69 Å². The number of fused-ring (bicyclic) bond motifs is 1. The summed E-state index contributed by atoms with van der Waals surface area (Å²) in [6.07, 6.45) is 0. The van der Waals surface area contributed by atoms with Crippen molar-refractivity contribution in [3.63, 3.8) is 0 Å². The molecule has 0 spiro atoms. The lowest BCUT2D eigenvalue weighted by Gasteiger charge is -2.07. The Morgan fingerprint density at radius 1 is 1.11 bits per heavy atom. The molecule has 3 aromatic carbocycles. The maximum absolute atomic E-state index is 11.5. The maximum Gasteiger partial charge on any atom is 0.270 e. The summed E-state index contributed by atoms with van der Waals surface area (Å²) in [6, 6.07) is 19.2. The van der Waals surface area contributed by atoms with E-state index < -0.39 is 14.9 Å². The van der Waals surface area contributed by atoms with E-state index in [-0.39, 0.29) is 27.3 Å². The number of nitrogens with zero attached hydrogens (tertiary/aromatic N) is 4. The molecular weight excluding hydrogens is 492 g/mol. The lowest BCUT2D eigenvalue weighted by molar-refractivity contribution is -0.384. The van der Waals surface area contributed by atoms with Crippen LogP contribution in [-0.4, -0.2) is 28.1 Å². The highest BCUT2D eigenvalue weighted by Crippen LogP contribution is 2.41. The highest BCUT2D eigenvalue weighted by atomic mass is 32.2. The van der Waals surface area contributed by atoms with Crippen molar-refractivity contribution < 1.29 is 18.4 Å². The topological polar surface area (TPSA) is 165 Å². The average molecular weight is 511 g/mol. The van der Waals surface area contributed by atoms with E-state index in [0.29, 0.717) is 23.1 Å². The summed E-state index contributed by atoms with van der Waals surface area (Å²) >= 11 is 5.17. The second kappa shape index (κ2) is 9.58. The van der Waals surface area contributed by atoms with Crippen LogP contribution >= 0.6 is 12.2 Å². The molecule has 13 heteroatoms. The minimum atomic E-state index is -3.91. The molecule has 35 heavy (non-hydrogen) atoms. The molecule has 0 radical (unpaired) electrons. The second-order valence-electron chi connectivity index (χ2n) is 7.41. The van der Waals surface area contributed by atoms with Crippen LogP contribution < -0.4 is 10.5 Å². The van der Waals surface area contributed by atoms with Gasteiger partial charge in [-0.25, -0.2) is 13.6 Å². The Bertz CT molecular complexity index is 1580. The normalized spacial score (nSPS) is 11.7. The number of nitrogens with one attached hydrogen (secondary N) is 1. The van der Waals surface area contributed by atoms with Gasteiger partial charge in [-0.05, 0) is 42.0 Å². The molecule has 0 fully saturated rings. The zero-order chi connectivity index (χ0) is 25.2. The molecule has 0 atom stereocenters. The number of anilines is 1. The number of hydrogen-bond donors (Lipinski definition) is 3. The van der Waals surface area contributed by atoms with Gasteiger partial charge < -0.3 is 15.0 Å². The highest BCUT2D eigenvalue weighted by molar-refractivity contribution is 7.89. The van der Waals surface area contributed by atoms with Gasteiger partial charge >= 0.3 is 0 Å². The van der Waals surface area contributed by atoms with Crippen LogP contribution in [0.15, 0.2) is 87.9 Å². The van der Waals surface area contributed by atoms with Crippen LogP contribution in [0, 0.1) is 10.1 Å². The summed E-state index contributed by atoms with van der Waals surface area (Å²) in [5.74, 6) is -0.243. The van der Waals surface area contributed by atoms with E-state index in [1.165, 1.54) is 36.4 Å². The van der Waals surface area contributed by atoms with Crippen LogP contribution in [0.4, 0.5) is 17.1 Å². The predicted molar refractivity (Wildman–Crippen MR) is 134 cm³/mol. The van der Waals surface area contributed by atoms with E-state index in [1.54, 1.807) is 10.6 Å². The van der Waals surface area contributed by atoms with Gasteiger partial charge in [0.05, 0.1) is 21.9 Å². The SMILES string of the molecule is NS(=O)(=O)c1cccc(NC(=S)N=Nc2c(O)n(Cc3ccccc3)c3ccc([N+](=O)[O-])cc23)c1. The van der Waals surface area contributed by atoms with Crippen molar-refractivity contribution in [1.29, 1.82) is 0 Å². The fourth-order valence-corrected chi connectivity index (χ4v) is 4.16. The van der Waals surface area contributed by atoms with E-state index in [0.717, 1.165) is 5.56 Å². The van der Waals surface area contributed by atoms with Crippen molar-refractivity contribution in [1.82, 2.24) is 4.57 Å². The summed E-state index contributed by atoms with van der Waals surface area (Å²) in [6.45, 7) is 0.291. The lowest BCUT2D eigenvalue weighted by Crippen LogP contribution is -2.13. The maximum atomic E-state index is 11.5. The molecule has 0 bridgehead atoms. The number of primary sulfonamides is 1. The van der Waals surface area contributed by atoms with Gasteiger partial charge in [-0.2, -0.15) is 0 Å². The van der Waals surface area contributed by atoms with Crippen molar-refractivity contribution in [3.8, 4) is 5.88 Å². The van der Waals surface area contributed by atoms with Gasteiger partial charge in [0, 0.05) is 23.2 Å². The first-order chi connectivity index (χ1) is 16.6. The molecule has 0 aliphatic carbocycles. The molecule has 0 aliphatic heterocycles. The Morgan fingerprint density at radius 3 is 2.54 bits per heavy atom. The van der Waals surface area contributed by atoms with Crippen molar-refractivity contribution in [3.05, 3.63) is 88.5 Å². The number of hydrogen-bond acceptors (Lipinski definition) is 7. The molecule has 178 valence electrons. The molecule has 11 nitrogen and oxygen atoms in total. The third-order valence-corrected chi connectivity index (χ3v) is 6.14. The Balaban J connectivity index is 1.69. The number of azo groups is 1. The van der Waals surface area contributed by atoms with Gasteiger partial charge in [-0.1, -0.05) is 36.4 Å². The Labute approximate surface area is 204 Å². The summed E-state index contributed by atoms with van der Waals surface area (Å²) < 4.78 is 24.7. The molecule has 0 saturated heterocycles. The van der Waals surface area contributed by atoms with E-state index in [4.69, 9.17) is 17.4 Å². The molecule has 4 aromatic rings. The van der Waals surface area contributed by atoms with Crippen LogP contribution in [0.25, 0.3) is 10.9 Å². The first kappa shape index (κ1) is 23.9. The van der Waals surface area contributed by atoms with Crippen LogP contribution in [-0.2, 0) is 16.6 Å². The van der Waals surface area contributed by atoms with Crippen molar-refractivity contribution in [2.75, 3.05) is 5.32 Å².